The standard InChI is InChI=1S/C14H18FNO/c15-12-3-4-14(17)11(7-12)8-16-13-6-9-1-2-10(13)5-9/h3-4,7,9-10,13,16-17H,1-2,5-6,8H2. The van der Waals surface area contributed by atoms with Gasteiger partial charge >= 0.3 is 0 Å². The second kappa shape index (κ2) is 4.30. The van der Waals surface area contributed by atoms with E-state index in [1.165, 1.54) is 43.9 Å². The third-order valence-corrected chi connectivity index (χ3v) is 4.33. The summed E-state index contributed by atoms with van der Waals surface area (Å²) in [6.07, 6.45) is 5.32. The molecule has 0 radical (unpaired) electrons. The highest BCUT2D eigenvalue weighted by Gasteiger charge is 2.38. The van der Waals surface area contributed by atoms with Gasteiger partial charge in [0.25, 0.3) is 0 Å². The molecular weight excluding hydrogens is 217 g/mol. The molecule has 2 nitrogen and oxygen atoms in total. The van der Waals surface area contributed by atoms with Gasteiger partial charge in [-0.1, -0.05) is 6.42 Å². The van der Waals surface area contributed by atoms with Gasteiger partial charge in [0.15, 0.2) is 0 Å². The van der Waals surface area contributed by atoms with Crippen molar-refractivity contribution in [2.75, 3.05) is 0 Å². The van der Waals surface area contributed by atoms with Gasteiger partial charge in [0.05, 0.1) is 0 Å². The summed E-state index contributed by atoms with van der Waals surface area (Å²) in [5.74, 6) is 1.60. The smallest absolute Gasteiger partial charge is 0.123 e. The maximum absolute atomic E-state index is 13.1. The molecule has 1 aromatic rings. The average molecular weight is 235 g/mol. The van der Waals surface area contributed by atoms with Crippen molar-refractivity contribution >= 4 is 0 Å². The van der Waals surface area contributed by atoms with Gasteiger partial charge < -0.3 is 10.4 Å². The molecule has 2 bridgehead atoms. The fourth-order valence-corrected chi connectivity index (χ4v) is 3.43. The number of phenolic OH excluding ortho intramolecular Hbond substituents is 1. The fraction of sp³-hybridized carbons (Fsp3) is 0.571. The zero-order chi connectivity index (χ0) is 11.8. The number of hydrogen-bond donors (Lipinski definition) is 2. The van der Waals surface area contributed by atoms with E-state index in [1.54, 1.807) is 0 Å². The van der Waals surface area contributed by atoms with E-state index in [9.17, 15) is 9.50 Å². The first-order valence-electron chi connectivity index (χ1n) is 6.43. The van der Waals surface area contributed by atoms with Gasteiger partial charge in [-0.25, -0.2) is 4.39 Å². The lowest BCUT2D eigenvalue weighted by atomic mass is 9.95. The van der Waals surface area contributed by atoms with Crippen LogP contribution >= 0.6 is 0 Å². The Kier molecular flexibility index (Phi) is 2.79. The van der Waals surface area contributed by atoms with Gasteiger partial charge in [0.2, 0.25) is 0 Å². The predicted molar refractivity (Wildman–Crippen MR) is 64.1 cm³/mol. The second-order valence-corrected chi connectivity index (χ2v) is 5.44. The van der Waals surface area contributed by atoms with Crippen LogP contribution in [0.4, 0.5) is 4.39 Å². The van der Waals surface area contributed by atoms with Crippen molar-refractivity contribution < 1.29 is 9.50 Å². The largest absolute Gasteiger partial charge is 0.508 e. The van der Waals surface area contributed by atoms with E-state index in [2.05, 4.69) is 5.32 Å². The quantitative estimate of drug-likeness (QED) is 0.844. The monoisotopic (exact) mass is 235 g/mol. The van der Waals surface area contributed by atoms with E-state index >= 15 is 0 Å². The van der Waals surface area contributed by atoms with Crippen molar-refractivity contribution in [3.8, 4) is 5.75 Å². The third-order valence-electron chi connectivity index (χ3n) is 4.33. The number of fused-ring (bicyclic) bond motifs is 2. The highest BCUT2D eigenvalue weighted by molar-refractivity contribution is 5.32. The lowest BCUT2D eigenvalue weighted by molar-refractivity contribution is 0.348. The number of hydrogen-bond acceptors (Lipinski definition) is 2. The molecule has 92 valence electrons. The van der Waals surface area contributed by atoms with Crippen LogP contribution in [0.3, 0.4) is 0 Å². The molecule has 2 N–H and O–H groups in total. The van der Waals surface area contributed by atoms with Crippen LogP contribution in [0.15, 0.2) is 18.2 Å². The Balaban J connectivity index is 1.62. The van der Waals surface area contributed by atoms with E-state index in [0.717, 1.165) is 11.8 Å². The molecule has 3 atom stereocenters. The summed E-state index contributed by atoms with van der Waals surface area (Å²) in [6.45, 7) is 0.567. The highest BCUT2D eigenvalue weighted by Crippen LogP contribution is 2.44. The van der Waals surface area contributed by atoms with Crippen LogP contribution in [0.2, 0.25) is 0 Å². The Labute approximate surface area is 101 Å². The summed E-state index contributed by atoms with van der Waals surface area (Å²) in [5, 5.41) is 13.1. The Bertz CT molecular complexity index is 421. The molecule has 0 spiro atoms. The van der Waals surface area contributed by atoms with Crippen LogP contribution in [0, 0.1) is 17.7 Å². The van der Waals surface area contributed by atoms with E-state index in [1.807, 2.05) is 0 Å². The van der Waals surface area contributed by atoms with Gasteiger partial charge in [-0.2, -0.15) is 0 Å². The molecule has 0 heterocycles. The molecule has 17 heavy (non-hydrogen) atoms. The fourth-order valence-electron chi connectivity index (χ4n) is 3.43. The molecule has 0 amide bonds. The van der Waals surface area contributed by atoms with Crippen molar-refractivity contribution in [3.63, 3.8) is 0 Å². The van der Waals surface area contributed by atoms with Crippen LogP contribution in [-0.2, 0) is 6.54 Å². The number of rotatable bonds is 3. The van der Waals surface area contributed by atoms with Gasteiger partial charge in [-0.15, -0.1) is 0 Å². The van der Waals surface area contributed by atoms with Crippen LogP contribution in [0.5, 0.6) is 5.75 Å². The number of aromatic hydroxyl groups is 1. The van der Waals surface area contributed by atoms with Gasteiger partial charge in [-0.3, -0.25) is 0 Å². The summed E-state index contributed by atoms with van der Waals surface area (Å²) < 4.78 is 13.1. The van der Waals surface area contributed by atoms with Crippen LogP contribution < -0.4 is 5.32 Å². The minimum Gasteiger partial charge on any atom is -0.508 e. The van der Waals surface area contributed by atoms with Crippen molar-refractivity contribution in [1.29, 1.82) is 0 Å². The topological polar surface area (TPSA) is 32.3 Å². The van der Waals surface area contributed by atoms with Crippen LogP contribution in [-0.4, -0.2) is 11.1 Å². The molecule has 2 fully saturated rings. The minimum absolute atomic E-state index is 0.182. The molecule has 1 aromatic carbocycles. The third kappa shape index (κ3) is 2.16. The zero-order valence-corrected chi connectivity index (χ0v) is 9.82. The summed E-state index contributed by atoms with van der Waals surface area (Å²) in [5.41, 5.74) is 0.660. The number of phenols is 1. The first-order chi connectivity index (χ1) is 8.22. The SMILES string of the molecule is Oc1ccc(F)cc1CNC1CC2CCC1C2. The van der Waals surface area contributed by atoms with Crippen molar-refractivity contribution in [1.82, 2.24) is 5.32 Å². The summed E-state index contributed by atoms with van der Waals surface area (Å²) >= 11 is 0. The van der Waals surface area contributed by atoms with Crippen LogP contribution in [0.1, 0.15) is 31.2 Å². The average Bonchev–Trinajstić information content (AvgIpc) is 2.92. The van der Waals surface area contributed by atoms with Gasteiger partial charge in [-0.05, 0) is 49.3 Å². The molecule has 0 saturated heterocycles. The van der Waals surface area contributed by atoms with Gasteiger partial charge in [0, 0.05) is 18.2 Å². The van der Waals surface area contributed by atoms with E-state index in [4.69, 9.17) is 0 Å². The molecule has 2 saturated carbocycles. The molecule has 2 aliphatic rings. The first kappa shape index (κ1) is 11.0. The van der Waals surface area contributed by atoms with Gasteiger partial charge in [0.1, 0.15) is 11.6 Å². The molecule has 3 unspecified atom stereocenters. The maximum Gasteiger partial charge on any atom is 0.123 e. The van der Waals surface area contributed by atoms with Crippen LogP contribution in [0.25, 0.3) is 0 Å². The predicted octanol–water partition coefficient (Wildman–Crippen LogP) is 2.81. The summed E-state index contributed by atoms with van der Waals surface area (Å²) in [4.78, 5) is 0. The van der Waals surface area contributed by atoms with Crippen molar-refractivity contribution in [3.05, 3.63) is 29.6 Å². The number of halogens is 1. The molecule has 0 aliphatic heterocycles. The van der Waals surface area contributed by atoms with E-state index in [-0.39, 0.29) is 11.6 Å². The summed E-state index contributed by atoms with van der Waals surface area (Å²) in [6, 6.07) is 4.69. The Morgan fingerprint density at radius 3 is 2.88 bits per heavy atom. The summed E-state index contributed by atoms with van der Waals surface area (Å²) in [7, 11) is 0. The lowest BCUT2D eigenvalue weighted by Gasteiger charge is -2.23. The number of benzene rings is 1. The van der Waals surface area contributed by atoms with Crippen molar-refractivity contribution in [2.24, 2.45) is 11.8 Å². The Morgan fingerprint density at radius 2 is 2.18 bits per heavy atom. The second-order valence-electron chi connectivity index (χ2n) is 5.44. The highest BCUT2D eigenvalue weighted by atomic mass is 19.1. The maximum atomic E-state index is 13.1. The van der Waals surface area contributed by atoms with E-state index < -0.39 is 0 Å². The zero-order valence-electron chi connectivity index (χ0n) is 9.82. The first-order valence-corrected chi connectivity index (χ1v) is 6.43. The normalized spacial score (nSPS) is 31.0. The lowest BCUT2D eigenvalue weighted by Crippen LogP contribution is -2.33. The Hall–Kier alpha value is -1.09. The molecule has 3 heteroatoms. The Morgan fingerprint density at radius 1 is 1.29 bits per heavy atom. The number of nitrogens with one attached hydrogen (secondary N) is 1. The molecule has 2 aliphatic carbocycles. The molecule has 3 rings (SSSR count). The van der Waals surface area contributed by atoms with E-state index in [0.29, 0.717) is 18.2 Å². The van der Waals surface area contributed by atoms with Crippen molar-refractivity contribution in [2.45, 2.75) is 38.3 Å². The molecule has 0 aromatic heterocycles. The molecular formula is C14H18FNO. The minimum atomic E-state index is -0.285.